The molecular formula is C11H17N5S. The van der Waals surface area contributed by atoms with E-state index in [2.05, 4.69) is 39.3 Å². The van der Waals surface area contributed by atoms with Crippen molar-refractivity contribution in [3.8, 4) is 0 Å². The third kappa shape index (κ3) is 3.52. The van der Waals surface area contributed by atoms with Gasteiger partial charge in [-0.2, -0.15) is 0 Å². The second kappa shape index (κ2) is 5.27. The lowest BCUT2D eigenvalue weighted by molar-refractivity contribution is 0.640. The van der Waals surface area contributed by atoms with Gasteiger partial charge in [-0.15, -0.1) is 10.2 Å². The first-order chi connectivity index (χ1) is 8.13. The van der Waals surface area contributed by atoms with Gasteiger partial charge < -0.3 is 10.3 Å². The van der Waals surface area contributed by atoms with Crippen molar-refractivity contribution in [2.75, 3.05) is 5.32 Å². The minimum atomic E-state index is 0.617. The van der Waals surface area contributed by atoms with Crippen LogP contribution in [0.2, 0.25) is 0 Å². The number of H-pyrrole nitrogens is 1. The van der Waals surface area contributed by atoms with Gasteiger partial charge in [0.2, 0.25) is 5.13 Å². The molecule has 0 aromatic carbocycles. The number of nitrogens with zero attached hydrogens (tertiary/aromatic N) is 3. The SMILES string of the molecule is Cc1ncc(CNc2nnc(CC(C)C)s2)[nH]1. The first-order valence-corrected chi connectivity index (χ1v) is 6.52. The number of aryl methyl sites for hydroxylation is 1. The van der Waals surface area contributed by atoms with Crippen LogP contribution >= 0.6 is 11.3 Å². The number of hydrogen-bond acceptors (Lipinski definition) is 5. The van der Waals surface area contributed by atoms with E-state index in [1.807, 2.05) is 13.1 Å². The van der Waals surface area contributed by atoms with Gasteiger partial charge in [0.15, 0.2) is 0 Å². The predicted molar refractivity (Wildman–Crippen MR) is 69.1 cm³/mol. The molecule has 92 valence electrons. The standard InChI is InChI=1S/C11H17N5S/c1-7(2)4-10-15-16-11(17-10)13-6-9-5-12-8(3)14-9/h5,7H,4,6H2,1-3H3,(H,12,14)(H,13,16). The van der Waals surface area contributed by atoms with Gasteiger partial charge in [0.25, 0.3) is 0 Å². The molecule has 0 aliphatic heterocycles. The summed E-state index contributed by atoms with van der Waals surface area (Å²) in [7, 11) is 0. The summed E-state index contributed by atoms with van der Waals surface area (Å²) >= 11 is 1.62. The molecule has 2 aromatic heterocycles. The van der Waals surface area contributed by atoms with Crippen LogP contribution in [0, 0.1) is 12.8 Å². The Morgan fingerprint density at radius 2 is 2.24 bits per heavy atom. The fourth-order valence-corrected chi connectivity index (χ4v) is 2.44. The van der Waals surface area contributed by atoms with Crippen LogP contribution in [0.3, 0.4) is 0 Å². The number of nitrogens with one attached hydrogen (secondary N) is 2. The zero-order chi connectivity index (χ0) is 12.3. The molecule has 2 rings (SSSR count). The van der Waals surface area contributed by atoms with Crippen LogP contribution < -0.4 is 5.32 Å². The van der Waals surface area contributed by atoms with Crippen molar-refractivity contribution in [1.29, 1.82) is 0 Å². The predicted octanol–water partition coefficient (Wildman–Crippen LogP) is 2.38. The first kappa shape index (κ1) is 12.0. The summed E-state index contributed by atoms with van der Waals surface area (Å²) in [4.78, 5) is 7.31. The lowest BCUT2D eigenvalue weighted by Gasteiger charge is -1.99. The summed E-state index contributed by atoms with van der Waals surface area (Å²) in [6, 6.07) is 0. The fraction of sp³-hybridized carbons (Fsp3) is 0.545. The number of aromatic amines is 1. The van der Waals surface area contributed by atoms with Gasteiger partial charge >= 0.3 is 0 Å². The molecule has 0 aliphatic rings. The highest BCUT2D eigenvalue weighted by Gasteiger charge is 2.06. The second-order valence-corrected chi connectivity index (χ2v) is 5.51. The maximum Gasteiger partial charge on any atom is 0.205 e. The number of aromatic nitrogens is 4. The van der Waals surface area contributed by atoms with E-state index < -0.39 is 0 Å². The third-order valence-electron chi connectivity index (χ3n) is 2.24. The number of rotatable bonds is 5. The quantitative estimate of drug-likeness (QED) is 0.856. The van der Waals surface area contributed by atoms with Gasteiger partial charge in [0.05, 0.1) is 18.4 Å². The molecule has 2 N–H and O–H groups in total. The van der Waals surface area contributed by atoms with Crippen LogP contribution in [-0.4, -0.2) is 20.2 Å². The lowest BCUT2D eigenvalue weighted by Crippen LogP contribution is -1.99. The molecular weight excluding hydrogens is 234 g/mol. The average molecular weight is 251 g/mol. The summed E-state index contributed by atoms with van der Waals surface area (Å²) in [5.41, 5.74) is 1.06. The number of hydrogen-bond donors (Lipinski definition) is 2. The number of anilines is 1. The van der Waals surface area contributed by atoms with Gasteiger partial charge in [0, 0.05) is 6.42 Å². The maximum absolute atomic E-state index is 4.15. The van der Waals surface area contributed by atoms with Gasteiger partial charge in [-0.25, -0.2) is 4.98 Å². The minimum Gasteiger partial charge on any atom is -0.354 e. The van der Waals surface area contributed by atoms with Gasteiger partial charge in [-0.1, -0.05) is 25.2 Å². The summed E-state index contributed by atoms with van der Waals surface area (Å²) in [6.07, 6.45) is 2.82. The maximum atomic E-state index is 4.15. The Morgan fingerprint density at radius 3 is 2.88 bits per heavy atom. The van der Waals surface area contributed by atoms with Gasteiger partial charge in [-0.05, 0) is 12.8 Å². The lowest BCUT2D eigenvalue weighted by atomic mass is 10.1. The van der Waals surface area contributed by atoms with E-state index in [1.165, 1.54) is 0 Å². The first-order valence-electron chi connectivity index (χ1n) is 5.70. The summed E-state index contributed by atoms with van der Waals surface area (Å²) in [5.74, 6) is 1.55. The third-order valence-corrected chi connectivity index (χ3v) is 3.14. The van der Waals surface area contributed by atoms with Crippen molar-refractivity contribution in [3.63, 3.8) is 0 Å². The van der Waals surface area contributed by atoms with Gasteiger partial charge in [0.1, 0.15) is 10.8 Å². The van der Waals surface area contributed by atoms with Crippen LogP contribution in [0.1, 0.15) is 30.4 Å². The normalized spacial score (nSPS) is 11.1. The Bertz CT molecular complexity index is 474. The topological polar surface area (TPSA) is 66.5 Å². The Kier molecular flexibility index (Phi) is 3.73. The van der Waals surface area contributed by atoms with Crippen LogP contribution in [0.15, 0.2) is 6.20 Å². The molecule has 0 fully saturated rings. The monoisotopic (exact) mass is 251 g/mol. The van der Waals surface area contributed by atoms with E-state index in [-0.39, 0.29) is 0 Å². The van der Waals surface area contributed by atoms with Crippen LogP contribution in [0.5, 0.6) is 0 Å². The zero-order valence-corrected chi connectivity index (χ0v) is 11.1. The van der Waals surface area contributed by atoms with Crippen molar-refractivity contribution >= 4 is 16.5 Å². The van der Waals surface area contributed by atoms with Crippen molar-refractivity contribution in [2.45, 2.75) is 33.7 Å². The van der Waals surface area contributed by atoms with E-state index in [0.717, 1.165) is 28.1 Å². The Morgan fingerprint density at radius 1 is 1.41 bits per heavy atom. The zero-order valence-electron chi connectivity index (χ0n) is 10.3. The Balaban J connectivity index is 1.89. The molecule has 0 radical (unpaired) electrons. The summed E-state index contributed by atoms with van der Waals surface area (Å²) < 4.78 is 0. The molecule has 0 atom stereocenters. The molecule has 0 spiro atoms. The van der Waals surface area contributed by atoms with Crippen LogP contribution in [-0.2, 0) is 13.0 Å². The van der Waals surface area contributed by atoms with E-state index in [0.29, 0.717) is 12.5 Å². The van der Waals surface area contributed by atoms with E-state index in [4.69, 9.17) is 0 Å². The molecule has 0 bridgehead atoms. The molecule has 0 saturated carbocycles. The molecule has 6 heteroatoms. The highest BCUT2D eigenvalue weighted by Crippen LogP contribution is 2.18. The average Bonchev–Trinajstić information content (AvgIpc) is 2.84. The molecule has 0 unspecified atom stereocenters. The summed E-state index contributed by atoms with van der Waals surface area (Å²) in [6.45, 7) is 7.01. The molecule has 5 nitrogen and oxygen atoms in total. The van der Waals surface area contributed by atoms with E-state index >= 15 is 0 Å². The largest absolute Gasteiger partial charge is 0.354 e. The molecule has 2 aromatic rings. The smallest absolute Gasteiger partial charge is 0.205 e. The Labute approximate surface area is 105 Å². The number of imidazole rings is 1. The van der Waals surface area contributed by atoms with Crippen molar-refractivity contribution in [3.05, 3.63) is 22.7 Å². The van der Waals surface area contributed by atoms with E-state index in [1.54, 1.807) is 11.3 Å². The van der Waals surface area contributed by atoms with E-state index in [9.17, 15) is 0 Å². The summed E-state index contributed by atoms with van der Waals surface area (Å²) in [5, 5.41) is 13.5. The minimum absolute atomic E-state index is 0.617. The highest BCUT2D eigenvalue weighted by molar-refractivity contribution is 7.15. The van der Waals surface area contributed by atoms with Crippen molar-refractivity contribution < 1.29 is 0 Å². The van der Waals surface area contributed by atoms with Gasteiger partial charge in [-0.3, -0.25) is 0 Å². The Hall–Kier alpha value is -1.43. The second-order valence-electron chi connectivity index (χ2n) is 4.45. The van der Waals surface area contributed by atoms with Crippen LogP contribution in [0.25, 0.3) is 0 Å². The highest BCUT2D eigenvalue weighted by atomic mass is 32.1. The van der Waals surface area contributed by atoms with Crippen LogP contribution in [0.4, 0.5) is 5.13 Å². The fourth-order valence-electron chi connectivity index (χ4n) is 1.49. The molecule has 0 amide bonds. The van der Waals surface area contributed by atoms with Crippen molar-refractivity contribution in [1.82, 2.24) is 20.2 Å². The van der Waals surface area contributed by atoms with Crippen molar-refractivity contribution in [2.24, 2.45) is 5.92 Å². The molecule has 0 aliphatic carbocycles. The molecule has 2 heterocycles. The molecule has 17 heavy (non-hydrogen) atoms. The molecule has 0 saturated heterocycles.